The van der Waals surface area contributed by atoms with Gasteiger partial charge in [-0.3, -0.25) is 4.72 Å². The first-order chi connectivity index (χ1) is 6.38. The van der Waals surface area contributed by atoms with Crippen LogP contribution in [0.3, 0.4) is 0 Å². The van der Waals surface area contributed by atoms with Gasteiger partial charge in [-0.1, -0.05) is 26.0 Å². The smallest absolute Gasteiger partial charge is 0.546 e. The summed E-state index contributed by atoms with van der Waals surface area (Å²) in [5.41, 5.74) is 1.56. The molecular formula is C9H13KN2O2S. The predicted octanol–water partition coefficient (Wildman–Crippen LogP) is -0.477. The Labute approximate surface area is 133 Å². The Morgan fingerprint density at radius 2 is 1.67 bits per heavy atom. The van der Waals surface area contributed by atoms with E-state index in [-0.39, 0.29) is 51.4 Å². The average Bonchev–Trinajstić information content (AvgIpc) is 2.02. The molecule has 1 rings (SSSR count). The van der Waals surface area contributed by atoms with Crippen molar-refractivity contribution in [2.75, 3.05) is 4.72 Å². The molecule has 0 saturated carbocycles. The molecule has 0 spiro atoms. The van der Waals surface area contributed by atoms with Crippen LogP contribution in [0.25, 0.3) is 5.14 Å². The molecule has 0 heterocycles. The number of hydrogen-bond acceptors (Lipinski definition) is 2. The van der Waals surface area contributed by atoms with Crippen molar-refractivity contribution >= 4 is 15.9 Å². The summed E-state index contributed by atoms with van der Waals surface area (Å²) in [7, 11) is -3.91. The SMILES string of the molecule is CC(C)c1ccc(NS([NH-])(=O)=O)cc1.[K+]. The van der Waals surface area contributed by atoms with Gasteiger partial charge in [0.1, 0.15) is 0 Å². The van der Waals surface area contributed by atoms with Crippen molar-refractivity contribution in [1.29, 1.82) is 0 Å². The molecule has 4 nitrogen and oxygen atoms in total. The summed E-state index contributed by atoms with van der Waals surface area (Å²) in [5.74, 6) is 0.414. The second-order valence-corrected chi connectivity index (χ2v) is 4.59. The van der Waals surface area contributed by atoms with Crippen LogP contribution in [-0.2, 0) is 10.2 Å². The first-order valence-electron chi connectivity index (χ1n) is 4.26. The predicted molar refractivity (Wildman–Crippen MR) is 57.4 cm³/mol. The van der Waals surface area contributed by atoms with Gasteiger partial charge in [0.25, 0.3) is 0 Å². The molecule has 0 amide bonds. The Morgan fingerprint density at radius 1 is 1.20 bits per heavy atom. The van der Waals surface area contributed by atoms with Gasteiger partial charge in [-0.15, -0.1) is 0 Å². The molecule has 0 fully saturated rings. The minimum absolute atomic E-state index is 0. The second kappa shape index (κ2) is 6.34. The Morgan fingerprint density at radius 3 is 2.00 bits per heavy atom. The summed E-state index contributed by atoms with van der Waals surface area (Å²) in [6, 6.07) is 7.00. The summed E-state index contributed by atoms with van der Waals surface area (Å²) >= 11 is 0. The van der Waals surface area contributed by atoms with Crippen molar-refractivity contribution in [3.63, 3.8) is 0 Å². The maximum Gasteiger partial charge on any atom is 1.00 e. The molecule has 0 aliphatic rings. The Hall–Kier alpha value is 0.566. The van der Waals surface area contributed by atoms with Crippen molar-refractivity contribution in [3.05, 3.63) is 35.0 Å². The minimum Gasteiger partial charge on any atom is -0.546 e. The van der Waals surface area contributed by atoms with Crippen LogP contribution in [0.5, 0.6) is 0 Å². The summed E-state index contributed by atoms with van der Waals surface area (Å²) in [6.07, 6.45) is 0. The van der Waals surface area contributed by atoms with Crippen molar-refractivity contribution in [1.82, 2.24) is 0 Å². The van der Waals surface area contributed by atoms with Crippen LogP contribution in [0.2, 0.25) is 0 Å². The van der Waals surface area contributed by atoms with E-state index < -0.39 is 10.2 Å². The molecule has 6 heteroatoms. The minimum atomic E-state index is -3.91. The fourth-order valence-corrected chi connectivity index (χ4v) is 1.54. The first kappa shape index (κ1) is 15.6. The van der Waals surface area contributed by atoms with E-state index in [4.69, 9.17) is 5.14 Å². The monoisotopic (exact) mass is 252 g/mol. The van der Waals surface area contributed by atoms with Crippen LogP contribution in [0, 0.1) is 0 Å². The normalized spacial score (nSPS) is 10.9. The summed E-state index contributed by atoms with van der Waals surface area (Å²) < 4.78 is 23.2. The van der Waals surface area contributed by atoms with Gasteiger partial charge in [0.15, 0.2) is 10.2 Å². The molecular weight excluding hydrogens is 239 g/mol. The van der Waals surface area contributed by atoms with E-state index in [1.807, 2.05) is 12.1 Å². The van der Waals surface area contributed by atoms with E-state index in [9.17, 15) is 8.42 Å². The van der Waals surface area contributed by atoms with Crippen LogP contribution < -0.4 is 56.1 Å². The number of benzene rings is 1. The first-order valence-corrected chi connectivity index (χ1v) is 5.74. The van der Waals surface area contributed by atoms with Crippen LogP contribution in [0.4, 0.5) is 5.69 Å². The molecule has 0 aliphatic carbocycles. The molecule has 0 bridgehead atoms. The van der Waals surface area contributed by atoms with Gasteiger partial charge >= 0.3 is 51.4 Å². The molecule has 78 valence electrons. The topological polar surface area (TPSA) is 70.0 Å². The third-order valence-corrected chi connectivity index (χ3v) is 2.33. The quantitative estimate of drug-likeness (QED) is 0.738. The summed E-state index contributed by atoms with van der Waals surface area (Å²) in [6.45, 7) is 4.12. The summed E-state index contributed by atoms with van der Waals surface area (Å²) in [4.78, 5) is 0. The zero-order valence-corrected chi connectivity index (χ0v) is 13.1. The number of rotatable bonds is 3. The zero-order chi connectivity index (χ0) is 10.8. The third-order valence-electron chi connectivity index (χ3n) is 1.83. The van der Waals surface area contributed by atoms with Gasteiger partial charge in [-0.25, -0.2) is 8.42 Å². The van der Waals surface area contributed by atoms with Crippen LogP contribution >= 0.6 is 0 Å². The van der Waals surface area contributed by atoms with E-state index >= 15 is 0 Å². The van der Waals surface area contributed by atoms with Gasteiger partial charge in [0.2, 0.25) is 0 Å². The Kier molecular flexibility index (Phi) is 6.58. The van der Waals surface area contributed by atoms with Crippen LogP contribution in [0.15, 0.2) is 24.3 Å². The maximum absolute atomic E-state index is 10.6. The van der Waals surface area contributed by atoms with Crippen LogP contribution in [-0.4, -0.2) is 8.42 Å². The molecule has 0 aliphatic heterocycles. The maximum atomic E-state index is 10.6. The molecule has 0 atom stereocenters. The van der Waals surface area contributed by atoms with Gasteiger partial charge < -0.3 is 5.14 Å². The second-order valence-electron chi connectivity index (χ2n) is 3.38. The van der Waals surface area contributed by atoms with E-state index in [2.05, 4.69) is 18.6 Å². The third kappa shape index (κ3) is 6.01. The van der Waals surface area contributed by atoms with Gasteiger partial charge in [0.05, 0.1) is 0 Å². The molecule has 15 heavy (non-hydrogen) atoms. The largest absolute Gasteiger partial charge is 1.00 e. The van der Waals surface area contributed by atoms with E-state index in [1.165, 1.54) is 0 Å². The summed E-state index contributed by atoms with van der Waals surface area (Å²) in [5, 5.41) is 6.67. The molecule has 0 radical (unpaired) electrons. The zero-order valence-electron chi connectivity index (χ0n) is 9.11. The molecule has 0 unspecified atom stereocenters. The van der Waals surface area contributed by atoms with Crippen LogP contribution in [0.1, 0.15) is 25.3 Å². The van der Waals surface area contributed by atoms with Crippen molar-refractivity contribution in [3.8, 4) is 0 Å². The van der Waals surface area contributed by atoms with E-state index in [0.717, 1.165) is 5.56 Å². The Balaban J connectivity index is 0.00000196. The van der Waals surface area contributed by atoms with Crippen molar-refractivity contribution in [2.24, 2.45) is 0 Å². The van der Waals surface area contributed by atoms with E-state index in [0.29, 0.717) is 11.6 Å². The van der Waals surface area contributed by atoms with Gasteiger partial charge in [0, 0.05) is 5.69 Å². The molecule has 1 aromatic carbocycles. The number of nitrogens with one attached hydrogen (secondary N) is 2. The number of anilines is 1. The van der Waals surface area contributed by atoms with E-state index in [1.54, 1.807) is 12.1 Å². The van der Waals surface area contributed by atoms with Gasteiger partial charge in [-0.05, 0) is 23.6 Å². The molecule has 2 N–H and O–H groups in total. The standard InChI is InChI=1S/C9H13N2O2S.K/c1-7(2)8-3-5-9(6-4-8)11-14(10,12)13;/h3-7,11H,1-2H3,(H-,10,12,13);/q-1;+1. The van der Waals surface area contributed by atoms with Gasteiger partial charge in [-0.2, -0.15) is 0 Å². The van der Waals surface area contributed by atoms with Crippen molar-refractivity contribution in [2.45, 2.75) is 19.8 Å². The fraction of sp³-hybridized carbons (Fsp3) is 0.333. The number of hydrogen-bond donors (Lipinski definition) is 1. The molecule has 0 saturated heterocycles. The molecule has 1 aromatic rings. The molecule has 0 aromatic heterocycles. The fourth-order valence-electron chi connectivity index (χ4n) is 1.09. The van der Waals surface area contributed by atoms with Crippen molar-refractivity contribution < 1.29 is 59.8 Å². The Bertz CT molecular complexity index is 401. The average molecular weight is 252 g/mol.